The van der Waals surface area contributed by atoms with Crippen LogP contribution in [0, 0.1) is 0 Å². The molecule has 1 aliphatic carbocycles. The molecular formula is C18H24ClN5O4. The monoisotopic (exact) mass is 409 g/mol. The van der Waals surface area contributed by atoms with Crippen molar-refractivity contribution < 1.29 is 19.1 Å². The molecule has 9 nitrogen and oxygen atoms in total. The third-order valence-corrected chi connectivity index (χ3v) is 4.69. The van der Waals surface area contributed by atoms with Crippen molar-refractivity contribution in [1.82, 2.24) is 19.9 Å². The molecule has 0 aromatic carbocycles. The largest absolute Gasteiger partial charge is 0.443 e. The number of anilines is 1. The molecule has 0 aliphatic heterocycles. The van der Waals surface area contributed by atoms with Crippen molar-refractivity contribution in [2.24, 2.45) is 0 Å². The molecule has 0 unspecified atom stereocenters. The van der Waals surface area contributed by atoms with E-state index < -0.39 is 11.7 Å². The van der Waals surface area contributed by atoms with Crippen molar-refractivity contribution >= 4 is 34.9 Å². The molecular weight excluding hydrogens is 386 g/mol. The van der Waals surface area contributed by atoms with Gasteiger partial charge in [-0.3, -0.25) is 9.69 Å². The number of carbonyl (C=O) groups is 2. The third-order valence-electron chi connectivity index (χ3n) is 4.51. The molecule has 2 atom stereocenters. The predicted octanol–water partition coefficient (Wildman–Crippen LogP) is 2.66. The molecule has 2 heterocycles. The number of rotatable bonds is 4. The number of ether oxygens (including phenoxy) is 2. The number of aromatic nitrogens is 3. The summed E-state index contributed by atoms with van der Waals surface area (Å²) in [7, 11) is 3.17. The Balaban J connectivity index is 1.90. The Hall–Kier alpha value is -2.39. The van der Waals surface area contributed by atoms with Crippen LogP contribution in [0.3, 0.4) is 0 Å². The van der Waals surface area contributed by atoms with E-state index in [4.69, 9.17) is 21.1 Å². The van der Waals surface area contributed by atoms with E-state index in [0.29, 0.717) is 11.3 Å². The zero-order chi connectivity index (χ0) is 20.6. The van der Waals surface area contributed by atoms with Crippen molar-refractivity contribution in [3.63, 3.8) is 0 Å². The molecule has 152 valence electrons. The Labute approximate surface area is 167 Å². The van der Waals surface area contributed by atoms with Gasteiger partial charge in [0.05, 0.1) is 24.0 Å². The van der Waals surface area contributed by atoms with Gasteiger partial charge in [0.15, 0.2) is 16.5 Å². The third kappa shape index (κ3) is 4.05. The van der Waals surface area contributed by atoms with E-state index in [0.717, 1.165) is 12.8 Å². The minimum absolute atomic E-state index is 0.00791. The first-order valence-electron chi connectivity index (χ1n) is 8.95. The molecule has 2 amide bonds. The number of carbonyl (C=O) groups excluding carboxylic acids is 2. The summed E-state index contributed by atoms with van der Waals surface area (Å²) in [6, 6.07) is 1.45. The number of hydrogen-bond acceptors (Lipinski definition) is 6. The molecule has 1 saturated carbocycles. The lowest BCUT2D eigenvalue weighted by Crippen LogP contribution is -2.51. The molecule has 0 saturated heterocycles. The fourth-order valence-corrected chi connectivity index (χ4v) is 3.09. The van der Waals surface area contributed by atoms with E-state index in [-0.39, 0.29) is 28.9 Å². The van der Waals surface area contributed by atoms with Crippen LogP contribution in [0.5, 0.6) is 0 Å². The Bertz CT molecular complexity index is 905. The summed E-state index contributed by atoms with van der Waals surface area (Å²) < 4.78 is 12.0. The Morgan fingerprint density at radius 3 is 2.64 bits per heavy atom. The highest BCUT2D eigenvalue weighted by atomic mass is 35.5. The zero-order valence-corrected chi connectivity index (χ0v) is 17.3. The lowest BCUT2D eigenvalue weighted by atomic mass is 9.89. The number of nitrogens with one attached hydrogen (secondary N) is 1. The number of fused-ring (bicyclic) bond motifs is 1. The van der Waals surface area contributed by atoms with E-state index in [1.165, 1.54) is 21.7 Å². The number of amides is 2. The molecule has 10 heteroatoms. The van der Waals surface area contributed by atoms with Crippen molar-refractivity contribution in [1.29, 1.82) is 0 Å². The second kappa shape index (κ2) is 7.56. The normalized spacial score (nSPS) is 19.2. The first kappa shape index (κ1) is 20.3. The van der Waals surface area contributed by atoms with E-state index in [9.17, 15) is 9.59 Å². The van der Waals surface area contributed by atoms with Gasteiger partial charge in [-0.05, 0) is 33.6 Å². The van der Waals surface area contributed by atoms with Crippen molar-refractivity contribution in [3.05, 3.63) is 23.1 Å². The molecule has 0 bridgehead atoms. The summed E-state index contributed by atoms with van der Waals surface area (Å²) in [5.41, 5.74) is 0.268. The van der Waals surface area contributed by atoms with Crippen molar-refractivity contribution in [2.45, 2.75) is 51.4 Å². The average molecular weight is 410 g/mol. The SMILES string of the molecule is CO[C@@H]1CC[C@H]1NC(=O)c1cnc2c(N(C)C(=O)OC(C)(C)C)cc(Cl)nn12. The zero-order valence-electron chi connectivity index (χ0n) is 16.5. The van der Waals surface area contributed by atoms with Gasteiger partial charge in [-0.15, -0.1) is 0 Å². The first-order chi connectivity index (χ1) is 13.1. The highest BCUT2D eigenvalue weighted by Gasteiger charge is 2.33. The molecule has 0 spiro atoms. The molecule has 2 aromatic heterocycles. The van der Waals surface area contributed by atoms with E-state index in [1.54, 1.807) is 34.9 Å². The highest BCUT2D eigenvalue weighted by molar-refractivity contribution is 6.29. The fourth-order valence-electron chi connectivity index (χ4n) is 2.91. The lowest BCUT2D eigenvalue weighted by molar-refractivity contribution is 0.00717. The molecule has 1 fully saturated rings. The smallest absolute Gasteiger partial charge is 0.414 e. The first-order valence-corrected chi connectivity index (χ1v) is 9.33. The van der Waals surface area contributed by atoms with Crippen molar-refractivity contribution in [2.75, 3.05) is 19.1 Å². The maximum atomic E-state index is 12.7. The number of hydrogen-bond donors (Lipinski definition) is 1. The second-order valence-corrected chi connectivity index (χ2v) is 8.09. The minimum atomic E-state index is -0.653. The van der Waals surface area contributed by atoms with Crippen LogP contribution < -0.4 is 10.2 Å². The molecule has 1 aliphatic rings. The Morgan fingerprint density at radius 1 is 1.36 bits per heavy atom. The van der Waals surface area contributed by atoms with Gasteiger partial charge in [-0.25, -0.2) is 14.3 Å². The average Bonchev–Trinajstić information content (AvgIpc) is 2.99. The standard InChI is InChI=1S/C18H24ClN5O4/c1-18(2,3)28-17(26)23(4)11-8-14(19)22-24-12(9-20-15(11)24)16(25)21-10-6-7-13(10)27-5/h8-10,13H,6-7H2,1-5H3,(H,21,25)/t10-,13-/m1/s1. The Kier molecular flexibility index (Phi) is 5.49. The number of halogens is 1. The van der Waals surface area contributed by atoms with Crippen LogP contribution in [0.2, 0.25) is 5.15 Å². The summed E-state index contributed by atoms with van der Waals surface area (Å²) in [5, 5.41) is 7.21. The maximum Gasteiger partial charge on any atom is 0.414 e. The lowest BCUT2D eigenvalue weighted by Gasteiger charge is -2.35. The fraction of sp³-hybridized carbons (Fsp3) is 0.556. The number of imidazole rings is 1. The number of methoxy groups -OCH3 is 1. The topological polar surface area (TPSA) is 98.1 Å². The van der Waals surface area contributed by atoms with Crippen LogP contribution in [0.25, 0.3) is 5.65 Å². The van der Waals surface area contributed by atoms with Gasteiger partial charge >= 0.3 is 6.09 Å². The molecule has 3 rings (SSSR count). The molecule has 0 radical (unpaired) electrons. The molecule has 2 aromatic rings. The van der Waals surface area contributed by atoms with Gasteiger partial charge in [-0.1, -0.05) is 11.6 Å². The molecule has 28 heavy (non-hydrogen) atoms. The van der Waals surface area contributed by atoms with Crippen LogP contribution >= 0.6 is 11.6 Å². The van der Waals surface area contributed by atoms with Gasteiger partial charge in [-0.2, -0.15) is 5.10 Å². The van der Waals surface area contributed by atoms with Crippen LogP contribution in [0.1, 0.15) is 44.1 Å². The quantitative estimate of drug-likeness (QED) is 0.833. The van der Waals surface area contributed by atoms with E-state index >= 15 is 0 Å². The van der Waals surface area contributed by atoms with Gasteiger partial charge in [0.2, 0.25) is 0 Å². The maximum absolute atomic E-state index is 12.7. The number of nitrogens with zero attached hydrogens (tertiary/aromatic N) is 4. The van der Waals surface area contributed by atoms with Crippen LogP contribution in [-0.4, -0.2) is 58.5 Å². The van der Waals surface area contributed by atoms with Crippen LogP contribution in [0.15, 0.2) is 12.3 Å². The van der Waals surface area contributed by atoms with Crippen molar-refractivity contribution in [3.8, 4) is 0 Å². The van der Waals surface area contributed by atoms with Crippen LogP contribution in [-0.2, 0) is 9.47 Å². The van der Waals surface area contributed by atoms with E-state index in [2.05, 4.69) is 15.4 Å². The predicted molar refractivity (Wildman–Crippen MR) is 104 cm³/mol. The van der Waals surface area contributed by atoms with Crippen LogP contribution in [0.4, 0.5) is 10.5 Å². The van der Waals surface area contributed by atoms with Gasteiger partial charge in [0.1, 0.15) is 5.60 Å². The summed E-state index contributed by atoms with van der Waals surface area (Å²) in [6.07, 6.45) is 2.60. The van der Waals surface area contributed by atoms with E-state index in [1.807, 2.05) is 0 Å². The highest BCUT2D eigenvalue weighted by Crippen LogP contribution is 2.26. The Morgan fingerprint density at radius 2 is 2.07 bits per heavy atom. The summed E-state index contributed by atoms with van der Waals surface area (Å²) in [4.78, 5) is 30.7. The molecule has 1 N–H and O–H groups in total. The summed E-state index contributed by atoms with van der Waals surface area (Å²) in [6.45, 7) is 5.33. The summed E-state index contributed by atoms with van der Waals surface area (Å²) >= 11 is 6.14. The minimum Gasteiger partial charge on any atom is -0.443 e. The van der Waals surface area contributed by atoms with Gasteiger partial charge < -0.3 is 14.8 Å². The van der Waals surface area contributed by atoms with Gasteiger partial charge in [0, 0.05) is 20.2 Å². The second-order valence-electron chi connectivity index (χ2n) is 7.70. The van der Waals surface area contributed by atoms with Gasteiger partial charge in [0.25, 0.3) is 5.91 Å². The summed E-state index contributed by atoms with van der Waals surface area (Å²) in [5.74, 6) is -0.333.